The highest BCUT2D eigenvalue weighted by molar-refractivity contribution is 6.31. The topological polar surface area (TPSA) is 88.3 Å². The van der Waals surface area contributed by atoms with Gasteiger partial charge in [0.05, 0.1) is 35.0 Å². The maximum atomic E-state index is 12.3. The van der Waals surface area contributed by atoms with E-state index >= 15 is 0 Å². The number of amides is 1. The van der Waals surface area contributed by atoms with E-state index in [1.54, 1.807) is 18.7 Å². The predicted octanol–water partition coefficient (Wildman–Crippen LogP) is 3.56. The summed E-state index contributed by atoms with van der Waals surface area (Å²) in [5.74, 6) is -0.329. The molecule has 3 aromatic heterocycles. The first-order valence-electron chi connectivity index (χ1n) is 8.18. The molecule has 1 aliphatic carbocycles. The molecule has 1 saturated carbocycles. The molecule has 3 aromatic rings. The Labute approximate surface area is 154 Å². The molecule has 0 atom stereocenters. The van der Waals surface area contributed by atoms with Gasteiger partial charge in [0.1, 0.15) is 5.75 Å². The Morgan fingerprint density at radius 2 is 2.12 bits per heavy atom. The van der Waals surface area contributed by atoms with Crippen molar-refractivity contribution in [3.8, 4) is 16.9 Å². The average Bonchev–Trinajstić information content (AvgIpc) is 3.21. The number of nitrogens with zero attached hydrogens (tertiary/aromatic N) is 2. The van der Waals surface area contributed by atoms with Crippen LogP contribution in [0.5, 0.6) is 5.75 Å². The molecule has 4 rings (SSSR count). The molecule has 0 bridgehead atoms. The highest BCUT2D eigenvalue weighted by Gasteiger charge is 2.47. The average molecular weight is 370 g/mol. The van der Waals surface area contributed by atoms with Gasteiger partial charge in [-0.15, -0.1) is 0 Å². The van der Waals surface area contributed by atoms with Gasteiger partial charge in [-0.1, -0.05) is 11.6 Å². The monoisotopic (exact) mass is 369 g/mol. The summed E-state index contributed by atoms with van der Waals surface area (Å²) in [5, 5.41) is 12.9. The summed E-state index contributed by atoms with van der Waals surface area (Å²) in [6, 6.07) is 5.10. The van der Waals surface area contributed by atoms with Crippen molar-refractivity contribution in [3.63, 3.8) is 0 Å². The van der Waals surface area contributed by atoms with Crippen molar-refractivity contribution < 1.29 is 14.3 Å². The fourth-order valence-electron chi connectivity index (χ4n) is 2.97. The first kappa shape index (κ1) is 16.6. The number of pyridine rings is 2. The van der Waals surface area contributed by atoms with Gasteiger partial charge in [-0.05, 0) is 31.0 Å². The number of halogens is 1. The highest BCUT2D eigenvalue weighted by Crippen LogP contribution is 2.49. The summed E-state index contributed by atoms with van der Waals surface area (Å²) in [6.45, 7) is 0.430. The molecule has 6 nitrogen and oxygen atoms in total. The quantitative estimate of drug-likeness (QED) is 0.718. The first-order chi connectivity index (χ1) is 12.6. The highest BCUT2D eigenvalue weighted by atomic mass is 35.5. The number of aromatic hydroxyl groups is 1. The normalized spacial score (nSPS) is 14.8. The van der Waals surface area contributed by atoms with Crippen molar-refractivity contribution >= 4 is 17.5 Å². The minimum atomic E-state index is -0.286. The second-order valence-corrected chi connectivity index (χ2v) is 6.87. The number of nitrogens with one attached hydrogen (secondary N) is 1. The summed E-state index contributed by atoms with van der Waals surface area (Å²) in [6.07, 6.45) is 9.53. The molecule has 7 heteroatoms. The Morgan fingerprint density at radius 1 is 1.27 bits per heavy atom. The Bertz CT molecular complexity index is 952. The van der Waals surface area contributed by atoms with Crippen molar-refractivity contribution in [3.05, 3.63) is 65.6 Å². The van der Waals surface area contributed by atoms with Crippen molar-refractivity contribution in [1.29, 1.82) is 0 Å². The largest absolute Gasteiger partial charge is 0.506 e. The van der Waals surface area contributed by atoms with Gasteiger partial charge in [0.25, 0.3) is 5.91 Å². The van der Waals surface area contributed by atoms with Crippen LogP contribution in [0.4, 0.5) is 0 Å². The van der Waals surface area contributed by atoms with Gasteiger partial charge in [-0.2, -0.15) is 0 Å². The van der Waals surface area contributed by atoms with Crippen LogP contribution in [0, 0.1) is 0 Å². The molecular weight excluding hydrogens is 354 g/mol. The van der Waals surface area contributed by atoms with Crippen LogP contribution in [-0.4, -0.2) is 27.5 Å². The van der Waals surface area contributed by atoms with E-state index in [0.29, 0.717) is 17.1 Å². The van der Waals surface area contributed by atoms with E-state index in [4.69, 9.17) is 16.0 Å². The second kappa shape index (κ2) is 6.46. The molecule has 0 spiro atoms. The van der Waals surface area contributed by atoms with E-state index < -0.39 is 0 Å². The minimum Gasteiger partial charge on any atom is -0.506 e. The SMILES string of the molecule is O=C(NCC1(c2ncc(-c3ccoc3)cc2Cl)CC1)c1cncc(O)c1. The van der Waals surface area contributed by atoms with E-state index in [-0.39, 0.29) is 17.1 Å². The van der Waals surface area contributed by atoms with Gasteiger partial charge < -0.3 is 14.8 Å². The molecule has 1 amide bonds. The van der Waals surface area contributed by atoms with Crippen LogP contribution in [0.15, 0.2) is 53.7 Å². The number of furan rings is 1. The Hall–Kier alpha value is -2.86. The molecule has 1 aliphatic rings. The molecular formula is C19H16ClN3O3. The Balaban J connectivity index is 1.50. The lowest BCUT2D eigenvalue weighted by Crippen LogP contribution is -2.33. The molecule has 0 aliphatic heterocycles. The van der Waals surface area contributed by atoms with Crippen molar-refractivity contribution in [1.82, 2.24) is 15.3 Å². The molecule has 132 valence electrons. The van der Waals surface area contributed by atoms with Crippen LogP contribution in [0.25, 0.3) is 11.1 Å². The zero-order valence-corrected chi connectivity index (χ0v) is 14.5. The van der Waals surface area contributed by atoms with Gasteiger partial charge in [0.2, 0.25) is 0 Å². The summed E-state index contributed by atoms with van der Waals surface area (Å²) in [7, 11) is 0. The fraction of sp³-hybridized carbons (Fsp3) is 0.211. The van der Waals surface area contributed by atoms with E-state index in [1.807, 2.05) is 12.1 Å². The summed E-state index contributed by atoms with van der Waals surface area (Å²) in [4.78, 5) is 20.6. The zero-order valence-electron chi connectivity index (χ0n) is 13.8. The zero-order chi connectivity index (χ0) is 18.1. The third kappa shape index (κ3) is 3.15. The second-order valence-electron chi connectivity index (χ2n) is 6.46. The van der Waals surface area contributed by atoms with E-state index in [2.05, 4.69) is 15.3 Å². The van der Waals surface area contributed by atoms with Gasteiger partial charge in [-0.3, -0.25) is 14.8 Å². The molecule has 2 N–H and O–H groups in total. The van der Waals surface area contributed by atoms with Crippen LogP contribution in [0.2, 0.25) is 5.02 Å². The van der Waals surface area contributed by atoms with E-state index in [9.17, 15) is 9.90 Å². The van der Waals surface area contributed by atoms with Crippen LogP contribution in [0.3, 0.4) is 0 Å². The summed E-state index contributed by atoms with van der Waals surface area (Å²) >= 11 is 6.48. The lowest BCUT2D eigenvalue weighted by Gasteiger charge is -2.17. The third-order valence-electron chi connectivity index (χ3n) is 4.62. The Morgan fingerprint density at radius 3 is 2.77 bits per heavy atom. The standard InChI is InChI=1S/C19H16ClN3O3/c20-16-6-13(12-1-4-26-10-12)8-22-17(16)19(2-3-19)11-23-18(25)14-5-15(24)9-21-7-14/h1,4-10,24H,2-3,11H2,(H,23,25). The molecule has 0 aromatic carbocycles. The minimum absolute atomic E-state index is 0.0432. The van der Waals surface area contributed by atoms with Gasteiger partial charge in [-0.25, -0.2) is 0 Å². The molecule has 1 fully saturated rings. The lowest BCUT2D eigenvalue weighted by atomic mass is 10.00. The molecule has 0 radical (unpaired) electrons. The number of hydrogen-bond donors (Lipinski definition) is 2. The summed E-state index contributed by atoms with van der Waals surface area (Å²) < 4.78 is 5.09. The van der Waals surface area contributed by atoms with Crippen molar-refractivity contribution in [2.45, 2.75) is 18.3 Å². The smallest absolute Gasteiger partial charge is 0.253 e. The van der Waals surface area contributed by atoms with Crippen LogP contribution in [0.1, 0.15) is 28.9 Å². The van der Waals surface area contributed by atoms with Crippen molar-refractivity contribution in [2.24, 2.45) is 0 Å². The molecule has 0 saturated heterocycles. The van der Waals surface area contributed by atoms with E-state index in [0.717, 1.165) is 29.7 Å². The maximum absolute atomic E-state index is 12.3. The molecule has 0 unspecified atom stereocenters. The third-order valence-corrected chi connectivity index (χ3v) is 4.91. The number of rotatable bonds is 5. The summed E-state index contributed by atoms with van der Waals surface area (Å²) in [5.41, 5.74) is 2.67. The van der Waals surface area contributed by atoms with Gasteiger partial charge in [0.15, 0.2) is 0 Å². The lowest BCUT2D eigenvalue weighted by molar-refractivity contribution is 0.0948. The maximum Gasteiger partial charge on any atom is 0.253 e. The molecule has 3 heterocycles. The number of aromatic nitrogens is 2. The van der Waals surface area contributed by atoms with Crippen molar-refractivity contribution in [2.75, 3.05) is 6.54 Å². The van der Waals surface area contributed by atoms with Gasteiger partial charge in [0, 0.05) is 35.5 Å². The van der Waals surface area contributed by atoms with Crippen LogP contribution >= 0.6 is 11.6 Å². The Kier molecular flexibility index (Phi) is 4.12. The van der Waals surface area contributed by atoms with E-state index in [1.165, 1.54) is 18.5 Å². The number of hydrogen-bond acceptors (Lipinski definition) is 5. The predicted molar refractivity (Wildman–Crippen MR) is 96.1 cm³/mol. The fourth-order valence-corrected chi connectivity index (χ4v) is 3.33. The van der Waals surface area contributed by atoms with Gasteiger partial charge >= 0.3 is 0 Å². The number of carbonyl (C=O) groups is 1. The number of carbonyl (C=O) groups excluding carboxylic acids is 1. The molecule has 26 heavy (non-hydrogen) atoms. The van der Waals surface area contributed by atoms with Crippen LogP contribution in [-0.2, 0) is 5.41 Å². The first-order valence-corrected chi connectivity index (χ1v) is 8.56. The van der Waals surface area contributed by atoms with Crippen LogP contribution < -0.4 is 5.32 Å².